The molecule has 3 rings (SSSR count). The number of amides is 1. The molecule has 1 aliphatic heterocycles. The normalized spacial score (nSPS) is 15.0. The predicted molar refractivity (Wildman–Crippen MR) is 132 cm³/mol. The summed E-state index contributed by atoms with van der Waals surface area (Å²) < 4.78 is 0. The third-order valence-corrected chi connectivity index (χ3v) is 5.74. The van der Waals surface area contributed by atoms with Crippen molar-refractivity contribution in [3.05, 3.63) is 70.8 Å². The highest BCUT2D eigenvalue weighted by atomic mass is 16.2. The van der Waals surface area contributed by atoms with E-state index < -0.39 is 0 Å². The molecular weight excluding hydrogens is 398 g/mol. The maximum Gasteiger partial charge on any atom is 0.253 e. The molecule has 6 nitrogen and oxygen atoms in total. The van der Waals surface area contributed by atoms with Crippen molar-refractivity contribution >= 4 is 11.9 Å². The first-order valence-electron chi connectivity index (χ1n) is 11.6. The van der Waals surface area contributed by atoms with Gasteiger partial charge in [-0.1, -0.05) is 42.0 Å². The van der Waals surface area contributed by atoms with E-state index in [-0.39, 0.29) is 5.91 Å². The summed E-state index contributed by atoms with van der Waals surface area (Å²) >= 11 is 0. The second-order valence-electron chi connectivity index (χ2n) is 8.64. The Kier molecular flexibility index (Phi) is 8.68. The van der Waals surface area contributed by atoms with Crippen molar-refractivity contribution < 1.29 is 4.79 Å². The number of nitrogens with one attached hydrogen (secondary N) is 1. The van der Waals surface area contributed by atoms with Crippen molar-refractivity contribution in [1.29, 1.82) is 0 Å². The van der Waals surface area contributed by atoms with Crippen LogP contribution in [0.1, 0.15) is 34.0 Å². The minimum absolute atomic E-state index is 0.0345. The number of nitrogens with zero attached hydrogens (tertiary/aromatic N) is 4. The van der Waals surface area contributed by atoms with E-state index in [9.17, 15) is 4.79 Å². The topological polar surface area (TPSA) is 51.2 Å². The molecular formula is C26H37N5O. The van der Waals surface area contributed by atoms with Crippen LogP contribution in [0.25, 0.3) is 0 Å². The zero-order chi connectivity index (χ0) is 22.9. The Morgan fingerprint density at radius 1 is 1.03 bits per heavy atom. The van der Waals surface area contributed by atoms with Crippen LogP contribution in [0.4, 0.5) is 0 Å². The van der Waals surface area contributed by atoms with Crippen LogP contribution >= 0.6 is 0 Å². The van der Waals surface area contributed by atoms with E-state index in [1.807, 2.05) is 18.2 Å². The minimum Gasteiger partial charge on any atom is -0.357 e. The molecule has 0 unspecified atom stereocenters. The quantitative estimate of drug-likeness (QED) is 0.537. The van der Waals surface area contributed by atoms with Gasteiger partial charge in [-0.15, -0.1) is 0 Å². The molecule has 6 heteroatoms. The van der Waals surface area contributed by atoms with Crippen LogP contribution in [0.5, 0.6) is 0 Å². The molecule has 1 fully saturated rings. The van der Waals surface area contributed by atoms with Gasteiger partial charge in [-0.05, 0) is 43.5 Å². The average molecular weight is 436 g/mol. The molecule has 2 aromatic carbocycles. The van der Waals surface area contributed by atoms with Crippen molar-refractivity contribution in [2.45, 2.75) is 26.8 Å². The Balaban J connectivity index is 1.54. The molecule has 1 amide bonds. The summed E-state index contributed by atoms with van der Waals surface area (Å²) in [4.78, 5) is 23.6. The summed E-state index contributed by atoms with van der Waals surface area (Å²) in [5.41, 5.74) is 4.57. The molecule has 1 N–H and O–H groups in total. The van der Waals surface area contributed by atoms with Gasteiger partial charge >= 0.3 is 0 Å². The molecule has 0 saturated carbocycles. The van der Waals surface area contributed by atoms with E-state index in [2.05, 4.69) is 59.3 Å². The Morgan fingerprint density at radius 2 is 1.75 bits per heavy atom. The smallest absolute Gasteiger partial charge is 0.253 e. The first kappa shape index (κ1) is 23.8. The summed E-state index contributed by atoms with van der Waals surface area (Å²) in [7, 11) is 3.56. The number of aliphatic imine (C=N–C) groups is 1. The van der Waals surface area contributed by atoms with Crippen LogP contribution in [-0.4, -0.2) is 79.9 Å². The first-order chi connectivity index (χ1) is 15.5. The van der Waals surface area contributed by atoms with Crippen molar-refractivity contribution in [2.24, 2.45) is 4.99 Å². The molecule has 0 radical (unpaired) electrons. The molecule has 1 saturated heterocycles. The molecule has 1 heterocycles. The fraction of sp³-hybridized carbons (Fsp3) is 0.462. The number of piperazine rings is 1. The number of aryl methyl sites for hydroxylation is 1. The Bertz CT molecular complexity index is 916. The van der Waals surface area contributed by atoms with E-state index >= 15 is 0 Å². The van der Waals surface area contributed by atoms with Gasteiger partial charge in [0, 0.05) is 65.5 Å². The molecule has 32 heavy (non-hydrogen) atoms. The number of benzene rings is 2. The van der Waals surface area contributed by atoms with Gasteiger partial charge in [-0.25, -0.2) is 0 Å². The van der Waals surface area contributed by atoms with Crippen molar-refractivity contribution in [2.75, 3.05) is 53.4 Å². The summed E-state index contributed by atoms with van der Waals surface area (Å²) in [5, 5.41) is 3.45. The number of carbonyl (C=O) groups is 1. The van der Waals surface area contributed by atoms with E-state index in [1.54, 1.807) is 19.0 Å². The summed E-state index contributed by atoms with van der Waals surface area (Å²) in [6, 6.07) is 16.7. The predicted octanol–water partition coefficient (Wildman–Crippen LogP) is 3.02. The lowest BCUT2D eigenvalue weighted by Gasteiger charge is -2.36. The third kappa shape index (κ3) is 6.82. The summed E-state index contributed by atoms with van der Waals surface area (Å²) in [6.45, 7) is 10.8. The number of rotatable bonds is 7. The number of carbonyl (C=O) groups excluding carboxylic acids is 1. The number of hydrogen-bond donors (Lipinski definition) is 1. The highest BCUT2D eigenvalue weighted by Gasteiger charge is 2.19. The zero-order valence-electron chi connectivity index (χ0n) is 20.0. The standard InChI is InChI=1S/C26H37N5O/c1-5-27-26(28-13-12-22-9-7-11-24(19-22)25(32)29(3)4)31-16-14-30(15-17-31)20-23-10-6-8-21(2)18-23/h6-11,18-19H,5,12-17,20H2,1-4H3,(H,27,28). The number of guanidine groups is 1. The van der Waals surface area contributed by atoms with Gasteiger partial charge in [0.1, 0.15) is 0 Å². The molecule has 2 aromatic rings. The summed E-state index contributed by atoms with van der Waals surface area (Å²) in [5.74, 6) is 1.02. The van der Waals surface area contributed by atoms with Gasteiger partial charge in [0.15, 0.2) is 5.96 Å². The van der Waals surface area contributed by atoms with E-state index in [1.165, 1.54) is 11.1 Å². The van der Waals surface area contributed by atoms with Gasteiger partial charge in [0.25, 0.3) is 5.91 Å². The van der Waals surface area contributed by atoms with Gasteiger partial charge in [0.05, 0.1) is 0 Å². The van der Waals surface area contributed by atoms with E-state index in [0.717, 1.165) is 62.8 Å². The van der Waals surface area contributed by atoms with Gasteiger partial charge < -0.3 is 15.1 Å². The van der Waals surface area contributed by atoms with Crippen molar-refractivity contribution in [3.63, 3.8) is 0 Å². The molecule has 172 valence electrons. The van der Waals surface area contributed by atoms with E-state index in [4.69, 9.17) is 4.99 Å². The Labute approximate surface area is 192 Å². The fourth-order valence-corrected chi connectivity index (χ4v) is 4.02. The second kappa shape index (κ2) is 11.7. The van der Waals surface area contributed by atoms with Crippen LogP contribution in [0.3, 0.4) is 0 Å². The highest BCUT2D eigenvalue weighted by Crippen LogP contribution is 2.11. The minimum atomic E-state index is 0.0345. The monoisotopic (exact) mass is 435 g/mol. The Hall–Kier alpha value is -2.86. The van der Waals surface area contributed by atoms with Gasteiger partial charge in [-0.2, -0.15) is 0 Å². The molecule has 0 aliphatic carbocycles. The number of hydrogen-bond acceptors (Lipinski definition) is 3. The molecule has 0 aromatic heterocycles. The fourth-order valence-electron chi connectivity index (χ4n) is 4.02. The lowest BCUT2D eigenvalue weighted by molar-refractivity contribution is 0.0827. The van der Waals surface area contributed by atoms with Crippen LogP contribution in [0.15, 0.2) is 53.5 Å². The van der Waals surface area contributed by atoms with Crippen LogP contribution in [-0.2, 0) is 13.0 Å². The van der Waals surface area contributed by atoms with Crippen molar-refractivity contribution in [3.8, 4) is 0 Å². The highest BCUT2D eigenvalue weighted by molar-refractivity contribution is 5.94. The lowest BCUT2D eigenvalue weighted by Crippen LogP contribution is -2.52. The molecule has 0 atom stereocenters. The average Bonchev–Trinajstić information content (AvgIpc) is 2.79. The third-order valence-electron chi connectivity index (χ3n) is 5.74. The Morgan fingerprint density at radius 3 is 2.44 bits per heavy atom. The maximum atomic E-state index is 12.2. The molecule has 0 spiro atoms. The van der Waals surface area contributed by atoms with Crippen LogP contribution in [0, 0.1) is 6.92 Å². The second-order valence-corrected chi connectivity index (χ2v) is 8.64. The largest absolute Gasteiger partial charge is 0.357 e. The van der Waals surface area contributed by atoms with Gasteiger partial charge in [-0.3, -0.25) is 14.7 Å². The molecule has 0 bridgehead atoms. The maximum absolute atomic E-state index is 12.2. The van der Waals surface area contributed by atoms with Crippen LogP contribution < -0.4 is 5.32 Å². The lowest BCUT2D eigenvalue weighted by atomic mass is 10.1. The SMILES string of the molecule is CCNC(=NCCc1cccc(C(=O)N(C)C)c1)N1CCN(Cc2cccc(C)c2)CC1. The first-order valence-corrected chi connectivity index (χ1v) is 11.6. The summed E-state index contributed by atoms with van der Waals surface area (Å²) in [6.07, 6.45) is 0.816. The van der Waals surface area contributed by atoms with E-state index in [0.29, 0.717) is 6.54 Å². The van der Waals surface area contributed by atoms with Crippen LogP contribution in [0.2, 0.25) is 0 Å². The van der Waals surface area contributed by atoms with Crippen molar-refractivity contribution in [1.82, 2.24) is 20.0 Å². The van der Waals surface area contributed by atoms with Gasteiger partial charge in [0.2, 0.25) is 0 Å². The zero-order valence-corrected chi connectivity index (χ0v) is 20.0. The molecule has 1 aliphatic rings.